The standard InChI is InChI=1S/C54H83FN12O4/c1-54(2,3)39-20-22-41(23-21-39)66(6)38-48-61-47-19-8-7-14-42(47)52(62-48)59-24-12-27-64(4)26-11-13-40(56)37-67(58)30-32-70-34-36-71-35-33-69-31-29-65(5)28-25-60-53(68)45-17-9-15-43-49(57)44-16-10-18-46(55)51(44)63-50(43)45/h7-10,14-19,37,39,41,48,61H,11-13,20-36,38,56,58H2,1-6H3,(H2,57,63)(H,59,62)(H,60,68)/b40-37-. The van der Waals surface area contributed by atoms with Crippen LogP contribution in [0.5, 0.6) is 0 Å². The van der Waals surface area contributed by atoms with E-state index in [0.717, 1.165) is 74.1 Å². The van der Waals surface area contributed by atoms with Gasteiger partial charge in [0.05, 0.1) is 63.0 Å². The van der Waals surface area contributed by atoms with E-state index in [4.69, 9.17) is 36.5 Å². The summed E-state index contributed by atoms with van der Waals surface area (Å²) in [7, 11) is 6.39. The molecule has 71 heavy (non-hydrogen) atoms. The zero-order valence-electron chi connectivity index (χ0n) is 43.4. The van der Waals surface area contributed by atoms with Gasteiger partial charge < -0.3 is 56.4 Å². The van der Waals surface area contributed by atoms with E-state index in [2.05, 4.69) is 94.8 Å². The number of nitrogens with zero attached hydrogens (tertiary/aromatic N) is 6. The molecule has 1 atom stereocenters. The number of carbonyl (C=O) groups excluding carboxylic acids is 1. The third-order valence-electron chi connectivity index (χ3n) is 13.8. The molecular weight excluding hydrogens is 900 g/mol. The van der Waals surface area contributed by atoms with E-state index in [1.165, 1.54) is 31.7 Å². The molecule has 1 aliphatic heterocycles. The molecule has 1 unspecified atom stereocenters. The lowest BCUT2D eigenvalue weighted by atomic mass is 9.71. The fourth-order valence-corrected chi connectivity index (χ4v) is 9.53. The van der Waals surface area contributed by atoms with Gasteiger partial charge in [0.15, 0.2) is 0 Å². The zero-order chi connectivity index (χ0) is 50.8. The van der Waals surface area contributed by atoms with Gasteiger partial charge in [-0.2, -0.15) is 0 Å². The molecule has 9 N–H and O–H groups in total. The Hall–Kier alpha value is -5.14. The predicted molar refractivity (Wildman–Crippen MR) is 287 cm³/mol. The summed E-state index contributed by atoms with van der Waals surface area (Å²) in [6.07, 6.45) is 9.74. The highest BCUT2D eigenvalue weighted by Crippen LogP contribution is 2.39. The number of halogens is 1. The number of pyridine rings is 1. The number of ether oxygens (including phenoxy) is 3. The molecule has 0 spiro atoms. The fraction of sp³-hybridized carbons (Fsp3) is 0.574. The lowest BCUT2D eigenvalue weighted by molar-refractivity contribution is 0.00953. The van der Waals surface area contributed by atoms with E-state index >= 15 is 0 Å². The first-order valence-corrected chi connectivity index (χ1v) is 25.7. The average Bonchev–Trinajstić information content (AvgIpc) is 3.34. The number of fused-ring (bicyclic) bond motifs is 3. The van der Waals surface area contributed by atoms with Gasteiger partial charge in [-0.3, -0.25) is 14.7 Å². The van der Waals surface area contributed by atoms with Crippen molar-refractivity contribution in [1.82, 2.24) is 35.3 Å². The summed E-state index contributed by atoms with van der Waals surface area (Å²) in [5.74, 6) is 7.20. The lowest BCUT2D eigenvalue weighted by Crippen LogP contribution is -2.53. The first-order chi connectivity index (χ1) is 34.2. The number of nitrogen functional groups attached to an aromatic ring is 1. The van der Waals surface area contributed by atoms with E-state index in [0.29, 0.717) is 105 Å². The normalized spacial score (nSPS) is 18.1. The van der Waals surface area contributed by atoms with E-state index in [1.807, 2.05) is 7.05 Å². The Morgan fingerprint density at radius 1 is 0.817 bits per heavy atom. The third-order valence-corrected chi connectivity index (χ3v) is 13.8. The maximum atomic E-state index is 14.5. The van der Waals surface area contributed by atoms with Crippen molar-refractivity contribution in [3.8, 4) is 0 Å². The minimum absolute atomic E-state index is 0.113. The Labute approximate surface area is 421 Å². The number of hydrogen-bond donors (Lipinski definition) is 6. The fourth-order valence-electron chi connectivity index (χ4n) is 9.53. The first kappa shape index (κ1) is 55.2. The number of aromatic nitrogens is 1. The van der Waals surface area contributed by atoms with E-state index in [1.54, 1.807) is 41.5 Å². The number of aliphatic imine (C=N–C) groups is 1. The highest BCUT2D eigenvalue weighted by molar-refractivity contribution is 6.13. The van der Waals surface area contributed by atoms with Crippen LogP contribution in [0.25, 0.3) is 21.8 Å². The molecule has 0 radical (unpaired) electrons. The van der Waals surface area contributed by atoms with Crippen molar-refractivity contribution in [1.29, 1.82) is 0 Å². The Morgan fingerprint density at radius 3 is 2.20 bits per heavy atom. The molecule has 2 heterocycles. The monoisotopic (exact) mass is 983 g/mol. The molecule has 16 nitrogen and oxygen atoms in total. The average molecular weight is 983 g/mol. The molecule has 390 valence electrons. The van der Waals surface area contributed by atoms with Gasteiger partial charge in [0, 0.05) is 72.7 Å². The maximum absolute atomic E-state index is 14.5. The van der Waals surface area contributed by atoms with Gasteiger partial charge in [0.25, 0.3) is 5.91 Å². The Bertz CT molecular complexity index is 2350. The zero-order valence-corrected chi connectivity index (χ0v) is 43.4. The molecule has 0 saturated heterocycles. The van der Waals surface area contributed by atoms with E-state index < -0.39 is 5.82 Å². The van der Waals surface area contributed by atoms with Gasteiger partial charge in [-0.1, -0.05) is 57.2 Å². The number of benzene rings is 3. The number of carbonyl (C=O) groups is 1. The highest BCUT2D eigenvalue weighted by Gasteiger charge is 2.32. The van der Waals surface area contributed by atoms with Crippen molar-refractivity contribution in [2.75, 3.05) is 124 Å². The number of nitrogens with one attached hydrogen (secondary N) is 3. The minimum atomic E-state index is -0.481. The van der Waals surface area contributed by atoms with Gasteiger partial charge in [-0.25, -0.2) is 15.2 Å². The van der Waals surface area contributed by atoms with Crippen molar-refractivity contribution in [3.05, 3.63) is 89.5 Å². The number of anilines is 2. The van der Waals surface area contributed by atoms with Crippen LogP contribution in [0.15, 0.2) is 77.6 Å². The number of allylic oxidation sites excluding steroid dienone is 1. The number of hydrazine groups is 1. The van der Waals surface area contributed by atoms with E-state index in [9.17, 15) is 9.18 Å². The van der Waals surface area contributed by atoms with Crippen LogP contribution in [0.4, 0.5) is 15.8 Å². The number of amides is 1. The summed E-state index contributed by atoms with van der Waals surface area (Å²) in [5, 5.41) is 13.1. The molecule has 1 aliphatic carbocycles. The van der Waals surface area contributed by atoms with Crippen LogP contribution >= 0.6 is 0 Å². The van der Waals surface area contributed by atoms with Crippen molar-refractivity contribution < 1.29 is 23.4 Å². The largest absolute Gasteiger partial charge is 0.401 e. The Kier molecular flexibility index (Phi) is 21.5. The van der Waals surface area contributed by atoms with E-state index in [-0.39, 0.29) is 17.6 Å². The number of rotatable bonds is 28. The second-order valence-electron chi connectivity index (χ2n) is 20.4. The molecule has 1 amide bonds. The lowest BCUT2D eigenvalue weighted by Gasteiger charge is -2.41. The number of hydrogen-bond acceptors (Lipinski definition) is 14. The molecule has 17 heteroatoms. The summed E-state index contributed by atoms with van der Waals surface area (Å²) in [5.41, 5.74) is 17.4. The quantitative estimate of drug-likeness (QED) is 0.0162. The molecule has 1 fully saturated rings. The Morgan fingerprint density at radius 2 is 1.46 bits per heavy atom. The van der Waals surface area contributed by atoms with Crippen molar-refractivity contribution in [2.45, 2.75) is 77.9 Å². The molecule has 1 aromatic heterocycles. The van der Waals surface area contributed by atoms with Crippen LogP contribution in [-0.4, -0.2) is 162 Å². The van der Waals surface area contributed by atoms with Crippen LogP contribution in [0, 0.1) is 17.2 Å². The van der Waals surface area contributed by atoms with Crippen molar-refractivity contribution in [2.24, 2.45) is 27.9 Å². The summed E-state index contributed by atoms with van der Waals surface area (Å²) in [6.45, 7) is 15.8. The van der Waals surface area contributed by atoms with Gasteiger partial charge in [0.1, 0.15) is 23.3 Å². The van der Waals surface area contributed by atoms with Crippen LogP contribution < -0.4 is 33.3 Å². The minimum Gasteiger partial charge on any atom is -0.401 e. The Balaban J connectivity index is 0.750. The van der Waals surface area contributed by atoms with Crippen LogP contribution in [0.2, 0.25) is 0 Å². The number of likely N-dealkylation sites (N-methyl/N-ethyl adjacent to an activating group) is 2. The predicted octanol–water partition coefficient (Wildman–Crippen LogP) is 6.22. The molecule has 3 aromatic carbocycles. The topological polar surface area (TPSA) is 197 Å². The van der Waals surface area contributed by atoms with Crippen molar-refractivity contribution >= 4 is 44.9 Å². The second kappa shape index (κ2) is 27.6. The number of amidine groups is 1. The van der Waals surface area contributed by atoms with Crippen molar-refractivity contribution in [3.63, 3.8) is 0 Å². The molecular formula is C54H83FN12O4. The van der Waals surface area contributed by atoms with Gasteiger partial charge in [0.2, 0.25) is 0 Å². The van der Waals surface area contributed by atoms with Crippen LogP contribution in [-0.2, 0) is 14.2 Å². The summed E-state index contributed by atoms with van der Waals surface area (Å²) in [6, 6.07) is 19.0. The SMILES string of the molecule is CN(CCCN=C1NC(CN(C)C2CCC(C(C)(C)C)CC2)Nc2ccccc21)CCC/C(N)=C/N(N)CCOCCOCCOCCN(C)CCNC(=O)c1cccc2c(N)c3cccc(F)c3nc12. The third kappa shape index (κ3) is 17.0. The van der Waals surface area contributed by atoms with Gasteiger partial charge in [-0.05, 0) is 115 Å². The number of nitrogens with two attached hydrogens (primary N) is 3. The molecule has 6 rings (SSSR count). The maximum Gasteiger partial charge on any atom is 0.253 e. The summed E-state index contributed by atoms with van der Waals surface area (Å²) < 4.78 is 31.6. The molecule has 4 aromatic rings. The van der Waals surface area contributed by atoms with Gasteiger partial charge >= 0.3 is 0 Å². The highest BCUT2D eigenvalue weighted by atomic mass is 19.1. The summed E-state index contributed by atoms with van der Waals surface area (Å²) in [4.78, 5) is 29.6. The van der Waals surface area contributed by atoms with Gasteiger partial charge in [-0.15, -0.1) is 0 Å². The molecule has 2 aliphatic rings. The second-order valence-corrected chi connectivity index (χ2v) is 20.4. The van der Waals surface area contributed by atoms with Crippen LogP contribution in [0.1, 0.15) is 81.6 Å². The molecule has 0 bridgehead atoms. The number of para-hydroxylation sites is 3. The van der Waals surface area contributed by atoms with Crippen LogP contribution in [0.3, 0.4) is 0 Å². The first-order valence-electron chi connectivity index (χ1n) is 25.7. The molecule has 1 saturated carbocycles. The smallest absolute Gasteiger partial charge is 0.253 e. The summed E-state index contributed by atoms with van der Waals surface area (Å²) >= 11 is 0.